The van der Waals surface area contributed by atoms with E-state index < -0.39 is 12.0 Å². The lowest BCUT2D eigenvalue weighted by Crippen LogP contribution is -2.41. The fraction of sp³-hybridized carbons (Fsp3) is 0.619. The van der Waals surface area contributed by atoms with Crippen molar-refractivity contribution in [3.63, 3.8) is 0 Å². The van der Waals surface area contributed by atoms with Crippen LogP contribution in [0.4, 0.5) is 0 Å². The summed E-state index contributed by atoms with van der Waals surface area (Å²) < 4.78 is 0. The number of hydrogen-bond acceptors (Lipinski definition) is 4. The normalized spacial score (nSPS) is 21.3. The monoisotopic (exact) mass is 437 g/mol. The molecule has 0 bridgehead atoms. The Kier molecular flexibility index (Phi) is 7.37. The third kappa shape index (κ3) is 6.07. The van der Waals surface area contributed by atoms with Gasteiger partial charge in [-0.1, -0.05) is 42.5 Å². The number of aromatic amines is 1. The quantitative estimate of drug-likeness (QED) is 0.556. The molecule has 0 spiro atoms. The summed E-state index contributed by atoms with van der Waals surface area (Å²) in [6, 6.07) is 2.85. The zero-order valence-corrected chi connectivity index (χ0v) is 17.7. The van der Waals surface area contributed by atoms with E-state index in [2.05, 4.69) is 16.4 Å². The first-order chi connectivity index (χ1) is 13.9. The largest absolute Gasteiger partial charge is 0.342 e. The molecule has 1 aromatic heterocycles. The van der Waals surface area contributed by atoms with Crippen molar-refractivity contribution in [2.24, 2.45) is 17.8 Å². The molecule has 3 atom stereocenters. The van der Waals surface area contributed by atoms with E-state index in [1.54, 1.807) is 0 Å². The summed E-state index contributed by atoms with van der Waals surface area (Å²) in [6.45, 7) is 0. The van der Waals surface area contributed by atoms with Gasteiger partial charge in [-0.25, -0.2) is 0 Å². The number of halogens is 2. The van der Waals surface area contributed by atoms with Gasteiger partial charge in [0, 0.05) is 24.7 Å². The molecule has 0 aliphatic heterocycles. The van der Waals surface area contributed by atoms with Gasteiger partial charge in [0.1, 0.15) is 17.0 Å². The lowest BCUT2D eigenvalue weighted by atomic mass is 9.83. The average molecular weight is 438 g/mol. The summed E-state index contributed by atoms with van der Waals surface area (Å²) in [5.41, 5.74) is 0.276. The predicted octanol–water partition coefficient (Wildman–Crippen LogP) is 4.47. The zero-order chi connectivity index (χ0) is 21.0. The first kappa shape index (κ1) is 21.9. The second-order valence-electron chi connectivity index (χ2n) is 8.18. The molecule has 2 fully saturated rings. The molecule has 1 heterocycles. The van der Waals surface area contributed by atoms with E-state index in [9.17, 15) is 19.6 Å². The Labute approximate surface area is 180 Å². The van der Waals surface area contributed by atoms with Crippen molar-refractivity contribution in [1.82, 2.24) is 10.3 Å². The van der Waals surface area contributed by atoms with Crippen molar-refractivity contribution in [2.45, 2.75) is 63.8 Å². The Balaban J connectivity index is 1.62. The molecule has 0 unspecified atom stereocenters. The minimum Gasteiger partial charge on any atom is -0.342 e. The van der Waals surface area contributed by atoms with Gasteiger partial charge in [-0.15, -0.1) is 0 Å². The van der Waals surface area contributed by atoms with Crippen LogP contribution in [0.2, 0.25) is 10.2 Å². The van der Waals surface area contributed by atoms with Gasteiger partial charge in [-0.3, -0.25) is 14.4 Å². The summed E-state index contributed by atoms with van der Waals surface area (Å²) in [5.74, 6) is -0.612. The SMILES string of the molecule is N#C[C@H](C[C@@H]1CCCCC1=O)NC(=O)[C@@H](CC(=O)c1cc(Cl)c(Cl)[nH]1)CC1CC1. The highest BCUT2D eigenvalue weighted by molar-refractivity contribution is 6.41. The van der Waals surface area contributed by atoms with Crippen LogP contribution in [0.25, 0.3) is 0 Å². The van der Waals surface area contributed by atoms with Crippen LogP contribution >= 0.6 is 23.2 Å². The van der Waals surface area contributed by atoms with Crippen LogP contribution in [-0.4, -0.2) is 28.5 Å². The maximum atomic E-state index is 12.9. The van der Waals surface area contributed by atoms with Crippen molar-refractivity contribution in [3.05, 3.63) is 21.9 Å². The predicted molar refractivity (Wildman–Crippen MR) is 110 cm³/mol. The minimum absolute atomic E-state index is 0.0238. The van der Waals surface area contributed by atoms with Crippen molar-refractivity contribution < 1.29 is 14.4 Å². The highest BCUT2D eigenvalue weighted by Gasteiger charge is 2.33. The van der Waals surface area contributed by atoms with Crippen LogP contribution in [-0.2, 0) is 9.59 Å². The number of ketones is 2. The van der Waals surface area contributed by atoms with Gasteiger partial charge in [0.25, 0.3) is 0 Å². The molecule has 2 saturated carbocycles. The Morgan fingerprint density at radius 3 is 2.59 bits per heavy atom. The van der Waals surface area contributed by atoms with Crippen molar-refractivity contribution in [1.29, 1.82) is 5.26 Å². The second-order valence-corrected chi connectivity index (χ2v) is 8.97. The van der Waals surface area contributed by atoms with E-state index in [1.807, 2.05) is 0 Å². The zero-order valence-electron chi connectivity index (χ0n) is 16.2. The van der Waals surface area contributed by atoms with Crippen LogP contribution in [0.1, 0.15) is 68.3 Å². The van der Waals surface area contributed by atoms with Gasteiger partial charge in [0.2, 0.25) is 5.91 Å². The summed E-state index contributed by atoms with van der Waals surface area (Å²) in [7, 11) is 0. The van der Waals surface area contributed by atoms with Crippen LogP contribution in [0, 0.1) is 29.1 Å². The summed E-state index contributed by atoms with van der Waals surface area (Å²) in [5, 5.41) is 12.7. The highest BCUT2D eigenvalue weighted by Crippen LogP contribution is 2.37. The topological polar surface area (TPSA) is 103 Å². The van der Waals surface area contributed by atoms with Gasteiger partial charge in [-0.2, -0.15) is 5.26 Å². The van der Waals surface area contributed by atoms with Crippen molar-refractivity contribution in [3.8, 4) is 6.07 Å². The van der Waals surface area contributed by atoms with E-state index in [1.165, 1.54) is 6.07 Å². The van der Waals surface area contributed by atoms with E-state index >= 15 is 0 Å². The van der Waals surface area contributed by atoms with Gasteiger partial charge in [0.05, 0.1) is 16.8 Å². The number of nitriles is 1. The van der Waals surface area contributed by atoms with Crippen LogP contribution in [0.15, 0.2) is 6.07 Å². The summed E-state index contributed by atoms with van der Waals surface area (Å²) >= 11 is 11.8. The second kappa shape index (κ2) is 9.77. The van der Waals surface area contributed by atoms with Gasteiger partial charge in [0.15, 0.2) is 5.78 Å². The molecule has 29 heavy (non-hydrogen) atoms. The van der Waals surface area contributed by atoms with E-state index in [4.69, 9.17) is 23.2 Å². The number of hydrogen-bond donors (Lipinski definition) is 2. The first-order valence-electron chi connectivity index (χ1n) is 10.2. The maximum absolute atomic E-state index is 12.9. The standard InChI is InChI=1S/C21H25Cl2N3O3/c22-16-10-17(26-20(16)23)19(28)9-14(7-12-5-6-12)21(29)25-15(11-24)8-13-3-1-2-4-18(13)27/h10,12-15,26H,1-9H2,(H,25,29)/t13-,14+,15-/m0/s1. The molecule has 2 N–H and O–H groups in total. The Hall–Kier alpha value is -1.84. The van der Waals surface area contributed by atoms with Gasteiger partial charge in [-0.05, 0) is 37.7 Å². The molecule has 156 valence electrons. The maximum Gasteiger partial charge on any atom is 0.224 e. The molecular weight excluding hydrogens is 413 g/mol. The third-order valence-electron chi connectivity index (χ3n) is 5.82. The van der Waals surface area contributed by atoms with E-state index in [-0.39, 0.29) is 45.7 Å². The van der Waals surface area contributed by atoms with Crippen molar-refractivity contribution >= 4 is 40.7 Å². The smallest absolute Gasteiger partial charge is 0.224 e. The van der Waals surface area contributed by atoms with Crippen LogP contribution in [0.3, 0.4) is 0 Å². The van der Waals surface area contributed by atoms with Gasteiger partial charge < -0.3 is 10.3 Å². The van der Waals surface area contributed by atoms with Crippen LogP contribution < -0.4 is 5.32 Å². The number of nitrogens with one attached hydrogen (secondary N) is 2. The number of carbonyl (C=O) groups is 3. The Bertz CT molecular complexity index is 806. The number of carbonyl (C=O) groups excluding carboxylic acids is 3. The third-order valence-corrected chi connectivity index (χ3v) is 6.51. The number of aromatic nitrogens is 1. The Morgan fingerprint density at radius 2 is 2.00 bits per heavy atom. The Morgan fingerprint density at radius 1 is 1.24 bits per heavy atom. The molecule has 8 heteroatoms. The molecule has 6 nitrogen and oxygen atoms in total. The highest BCUT2D eigenvalue weighted by atomic mass is 35.5. The van der Waals surface area contributed by atoms with Crippen molar-refractivity contribution in [2.75, 3.05) is 0 Å². The lowest BCUT2D eigenvalue weighted by Gasteiger charge is -2.24. The summed E-state index contributed by atoms with van der Waals surface area (Å²) in [6.07, 6.45) is 6.28. The average Bonchev–Trinajstić information content (AvgIpc) is 3.45. The van der Waals surface area contributed by atoms with E-state index in [0.29, 0.717) is 25.2 Å². The molecular formula is C21H25Cl2N3O3. The molecule has 0 saturated heterocycles. The fourth-order valence-corrected chi connectivity index (χ4v) is 4.26. The molecule has 1 amide bonds. The van der Waals surface area contributed by atoms with Crippen LogP contribution in [0.5, 0.6) is 0 Å². The number of nitrogens with zero attached hydrogens (tertiary/aromatic N) is 1. The molecule has 2 aliphatic carbocycles. The lowest BCUT2D eigenvalue weighted by molar-refractivity contribution is -0.127. The first-order valence-corrected chi connectivity index (χ1v) is 10.9. The minimum atomic E-state index is -0.722. The number of rotatable bonds is 9. The number of H-pyrrole nitrogens is 1. The van der Waals surface area contributed by atoms with Gasteiger partial charge >= 0.3 is 0 Å². The van der Waals surface area contributed by atoms with E-state index in [0.717, 1.165) is 32.1 Å². The number of Topliss-reactive ketones (excluding diaryl/α,β-unsaturated/α-hetero) is 2. The molecule has 0 aromatic carbocycles. The molecule has 3 rings (SSSR count). The molecule has 1 aromatic rings. The molecule has 0 radical (unpaired) electrons. The number of amides is 1. The fourth-order valence-electron chi connectivity index (χ4n) is 3.95. The molecule has 2 aliphatic rings. The summed E-state index contributed by atoms with van der Waals surface area (Å²) in [4.78, 5) is 40.3.